The summed E-state index contributed by atoms with van der Waals surface area (Å²) >= 11 is 0. The van der Waals surface area contributed by atoms with E-state index in [9.17, 15) is 8.42 Å². The van der Waals surface area contributed by atoms with Crippen LogP contribution in [0.25, 0.3) is 0 Å². The summed E-state index contributed by atoms with van der Waals surface area (Å²) in [7, 11) is 9.33. The molecule has 4 rings (SSSR count). The summed E-state index contributed by atoms with van der Waals surface area (Å²) in [6.07, 6.45) is 2.32. The van der Waals surface area contributed by atoms with Gasteiger partial charge in [-0.2, -0.15) is 0 Å². The molecule has 0 N–H and O–H groups in total. The fourth-order valence-electron chi connectivity index (χ4n) is 3.21. The molecule has 0 saturated carbocycles. The molecular weight excluding hydrogens is 593 g/mol. The van der Waals surface area contributed by atoms with E-state index in [1.807, 2.05) is 163 Å². The van der Waals surface area contributed by atoms with Crippen LogP contribution in [-0.2, 0) is 15.3 Å². The van der Waals surface area contributed by atoms with Crippen molar-refractivity contribution >= 4 is 9.84 Å². The molecule has 0 amide bonds. The molecule has 0 saturated heterocycles. The maximum atomic E-state index is 9.63. The molecule has 0 aliphatic heterocycles. The van der Waals surface area contributed by atoms with Crippen molar-refractivity contribution in [2.24, 2.45) is 0 Å². The quantitative estimate of drug-likeness (QED) is 0.209. The molecule has 0 aliphatic carbocycles. The highest BCUT2D eigenvalue weighted by Gasteiger charge is 2.23. The first kappa shape index (κ1) is 44.5. The van der Waals surface area contributed by atoms with Crippen LogP contribution in [0.4, 0.5) is 0 Å². The fourth-order valence-corrected chi connectivity index (χ4v) is 3.21. The van der Waals surface area contributed by atoms with Crippen LogP contribution in [0.3, 0.4) is 0 Å². The number of hydrogen-bond acceptors (Lipinski definition) is 6. The molecular formula is C39H60N2O4S. The van der Waals surface area contributed by atoms with Gasteiger partial charge in [0.05, 0.1) is 13.2 Å². The van der Waals surface area contributed by atoms with E-state index in [-0.39, 0.29) is 5.41 Å². The third-order valence-corrected chi connectivity index (χ3v) is 5.11. The molecule has 46 heavy (non-hydrogen) atoms. The second kappa shape index (κ2) is 26.6. The van der Waals surface area contributed by atoms with Crippen molar-refractivity contribution in [2.45, 2.75) is 33.1 Å². The van der Waals surface area contributed by atoms with Gasteiger partial charge in [-0.1, -0.05) is 111 Å². The maximum Gasteiger partial charge on any atom is 0.144 e. The summed E-state index contributed by atoms with van der Waals surface area (Å²) in [5, 5.41) is 0. The summed E-state index contributed by atoms with van der Waals surface area (Å²) < 4.78 is 30.3. The molecule has 0 atom stereocenters. The molecule has 4 aromatic carbocycles. The van der Waals surface area contributed by atoms with Gasteiger partial charge >= 0.3 is 0 Å². The monoisotopic (exact) mass is 652 g/mol. The predicted molar refractivity (Wildman–Crippen MR) is 200 cm³/mol. The lowest BCUT2D eigenvalue weighted by Gasteiger charge is -2.26. The number of rotatable bonds is 6. The molecule has 7 heteroatoms. The lowest BCUT2D eigenvalue weighted by atomic mass is 9.78. The normalized spacial score (nSPS) is 10.0. The van der Waals surface area contributed by atoms with Crippen molar-refractivity contribution in [2.75, 3.05) is 68.0 Å². The first-order chi connectivity index (χ1) is 21.5. The smallest absolute Gasteiger partial charge is 0.144 e. The van der Waals surface area contributed by atoms with Gasteiger partial charge in [0.15, 0.2) is 0 Å². The molecule has 0 unspecified atom stereocenters. The van der Waals surface area contributed by atoms with Crippen LogP contribution >= 0.6 is 0 Å². The van der Waals surface area contributed by atoms with Gasteiger partial charge in [0.25, 0.3) is 0 Å². The largest absolute Gasteiger partial charge is 0.494 e. The molecule has 0 fully saturated rings. The van der Waals surface area contributed by atoms with Gasteiger partial charge in [0.2, 0.25) is 0 Å². The molecule has 0 bridgehead atoms. The maximum absolute atomic E-state index is 9.63. The van der Waals surface area contributed by atoms with Crippen LogP contribution in [0.5, 0.6) is 11.5 Å². The summed E-state index contributed by atoms with van der Waals surface area (Å²) in [5.41, 5.74) is 2.50. The van der Waals surface area contributed by atoms with E-state index in [0.29, 0.717) is 13.2 Å². The molecule has 0 spiro atoms. The Labute approximate surface area is 281 Å². The van der Waals surface area contributed by atoms with Gasteiger partial charge in [0.1, 0.15) is 21.3 Å². The van der Waals surface area contributed by atoms with E-state index < -0.39 is 9.84 Å². The molecule has 256 valence electrons. The Kier molecular flexibility index (Phi) is 25.7. The molecule has 0 heterocycles. The van der Waals surface area contributed by atoms with Crippen molar-refractivity contribution in [3.05, 3.63) is 132 Å². The Hall–Kier alpha value is -3.65. The highest BCUT2D eigenvalue weighted by molar-refractivity contribution is 7.89. The second-order valence-corrected chi connectivity index (χ2v) is 14.0. The van der Waals surface area contributed by atoms with Crippen LogP contribution in [0.2, 0.25) is 0 Å². The first-order valence-electron chi connectivity index (χ1n) is 15.4. The highest BCUT2D eigenvalue weighted by Crippen LogP contribution is 2.33. The Morgan fingerprint density at radius 3 is 0.826 bits per heavy atom. The zero-order valence-electron chi connectivity index (χ0n) is 30.4. The highest BCUT2D eigenvalue weighted by atomic mass is 32.2. The van der Waals surface area contributed by atoms with Gasteiger partial charge in [0, 0.05) is 17.9 Å². The van der Waals surface area contributed by atoms with Crippen LogP contribution in [0.15, 0.2) is 121 Å². The standard InChI is InChI=1S/C19H24O2.2C6H6.2C3H9N.C2H6O2S/c1-5-20-17-11-7-15(8-12-17)19(3,4)16-9-13-18(14-10-16)21-6-2;2*1-2-4-6-5-3-1;2*1-4(2)3;1-5(2,3)4/h7-14H,5-6H2,1-4H3;2*1-6H;2*1-3H3;1-2H3. The van der Waals surface area contributed by atoms with Gasteiger partial charge in [-0.25, -0.2) is 8.42 Å². The average Bonchev–Trinajstić information content (AvgIpc) is 2.99. The van der Waals surface area contributed by atoms with E-state index >= 15 is 0 Å². The third kappa shape index (κ3) is 29.1. The van der Waals surface area contributed by atoms with E-state index in [2.05, 4.69) is 38.1 Å². The summed E-state index contributed by atoms with van der Waals surface area (Å²) in [4.78, 5) is 4.00. The number of nitrogens with zero attached hydrogens (tertiary/aromatic N) is 2. The SMILES string of the molecule is CCOc1ccc(C(C)(C)c2ccc(OCC)cc2)cc1.CN(C)C.CN(C)C.CS(C)(=O)=O.c1ccccc1.c1ccccc1. The average molecular weight is 653 g/mol. The van der Waals surface area contributed by atoms with E-state index in [1.165, 1.54) is 11.1 Å². The number of ether oxygens (including phenoxy) is 2. The predicted octanol–water partition coefficient (Wildman–Crippen LogP) is 8.20. The van der Waals surface area contributed by atoms with Gasteiger partial charge in [-0.3, -0.25) is 0 Å². The van der Waals surface area contributed by atoms with Crippen LogP contribution in [0.1, 0.15) is 38.8 Å². The van der Waals surface area contributed by atoms with Crippen LogP contribution in [0, 0.1) is 0 Å². The Bertz CT molecular complexity index is 1150. The minimum atomic E-state index is -2.67. The number of sulfone groups is 1. The number of benzene rings is 4. The molecule has 0 aromatic heterocycles. The summed E-state index contributed by atoms with van der Waals surface area (Å²) in [5.74, 6) is 1.84. The van der Waals surface area contributed by atoms with E-state index in [1.54, 1.807) is 0 Å². The van der Waals surface area contributed by atoms with Crippen molar-refractivity contribution in [3.8, 4) is 11.5 Å². The van der Waals surface area contributed by atoms with Crippen molar-refractivity contribution in [1.82, 2.24) is 9.80 Å². The van der Waals surface area contributed by atoms with E-state index in [4.69, 9.17) is 9.47 Å². The van der Waals surface area contributed by atoms with Crippen LogP contribution < -0.4 is 9.47 Å². The summed E-state index contributed by atoms with van der Waals surface area (Å²) in [6, 6.07) is 40.7. The van der Waals surface area contributed by atoms with Crippen LogP contribution in [-0.4, -0.2) is 86.2 Å². The first-order valence-corrected chi connectivity index (χ1v) is 17.7. The second-order valence-electron chi connectivity index (χ2n) is 11.7. The van der Waals surface area contributed by atoms with Gasteiger partial charge in [-0.05, 0) is 91.5 Å². The van der Waals surface area contributed by atoms with Gasteiger partial charge < -0.3 is 19.3 Å². The van der Waals surface area contributed by atoms with E-state index in [0.717, 1.165) is 24.0 Å². The Balaban J connectivity index is 0. The summed E-state index contributed by atoms with van der Waals surface area (Å²) in [6.45, 7) is 9.86. The lowest BCUT2D eigenvalue weighted by molar-refractivity contribution is 0.340. The van der Waals surface area contributed by atoms with Crippen molar-refractivity contribution in [1.29, 1.82) is 0 Å². The topological polar surface area (TPSA) is 59.1 Å². The molecule has 0 aliphatic rings. The fraction of sp³-hybridized carbons (Fsp3) is 0.385. The Morgan fingerprint density at radius 1 is 0.500 bits per heavy atom. The molecule has 6 nitrogen and oxygen atoms in total. The molecule has 0 radical (unpaired) electrons. The number of hydrogen-bond donors (Lipinski definition) is 0. The zero-order chi connectivity index (χ0) is 35.4. The third-order valence-electron chi connectivity index (χ3n) is 5.11. The Morgan fingerprint density at radius 2 is 0.674 bits per heavy atom. The zero-order valence-corrected chi connectivity index (χ0v) is 31.2. The lowest BCUT2D eigenvalue weighted by Crippen LogP contribution is -2.18. The van der Waals surface area contributed by atoms with Gasteiger partial charge in [-0.15, -0.1) is 0 Å². The molecule has 4 aromatic rings. The minimum Gasteiger partial charge on any atom is -0.494 e. The van der Waals surface area contributed by atoms with Crippen molar-refractivity contribution < 1.29 is 17.9 Å². The minimum absolute atomic E-state index is 0.0461. The van der Waals surface area contributed by atoms with Crippen molar-refractivity contribution in [3.63, 3.8) is 0 Å².